The average Bonchev–Trinajstić information content (AvgIpc) is 3.06. The fourth-order valence-corrected chi connectivity index (χ4v) is 3.08. The Bertz CT molecular complexity index is 853. The van der Waals surface area contributed by atoms with Crippen LogP contribution in [0.2, 0.25) is 0 Å². The number of methoxy groups -OCH3 is 1. The fraction of sp³-hybridized carbons (Fsp3) is 0.286. The number of carbonyl (C=O) groups is 2. The molecule has 1 fully saturated rings. The van der Waals surface area contributed by atoms with Gasteiger partial charge in [-0.2, -0.15) is 5.26 Å². The number of amides is 1. The van der Waals surface area contributed by atoms with Crippen LogP contribution < -0.4 is 10.1 Å². The highest BCUT2D eigenvalue weighted by molar-refractivity contribution is 5.85. The molecule has 0 aromatic heterocycles. The van der Waals surface area contributed by atoms with E-state index in [1.54, 1.807) is 12.1 Å². The molecule has 1 aliphatic rings. The fourth-order valence-electron chi connectivity index (χ4n) is 3.08. The number of carbonyl (C=O) groups excluding carboxylic acids is 2. The third kappa shape index (κ3) is 4.64. The zero-order valence-electron chi connectivity index (χ0n) is 15.0. The Morgan fingerprint density at radius 2 is 1.78 bits per heavy atom. The monoisotopic (exact) mass is 364 g/mol. The minimum absolute atomic E-state index is 0.0954. The third-order valence-electron chi connectivity index (χ3n) is 4.58. The van der Waals surface area contributed by atoms with Gasteiger partial charge < -0.3 is 14.8 Å². The van der Waals surface area contributed by atoms with E-state index >= 15 is 0 Å². The van der Waals surface area contributed by atoms with Crippen LogP contribution >= 0.6 is 0 Å². The zero-order chi connectivity index (χ0) is 19.2. The second kappa shape index (κ2) is 8.37. The number of nitriles is 1. The van der Waals surface area contributed by atoms with Crippen molar-refractivity contribution >= 4 is 11.9 Å². The number of hydrogen-bond acceptors (Lipinski definition) is 5. The minimum atomic E-state index is -0.380. The van der Waals surface area contributed by atoms with E-state index in [9.17, 15) is 9.59 Å². The summed E-state index contributed by atoms with van der Waals surface area (Å²) in [6.07, 6.45) is 0.648. The van der Waals surface area contributed by atoms with E-state index in [0.717, 1.165) is 11.1 Å². The predicted octanol–water partition coefficient (Wildman–Crippen LogP) is 2.67. The van der Waals surface area contributed by atoms with Gasteiger partial charge in [0, 0.05) is 0 Å². The van der Waals surface area contributed by atoms with Crippen molar-refractivity contribution in [1.82, 2.24) is 5.32 Å². The number of ether oxygens (including phenoxy) is 2. The Balaban J connectivity index is 1.54. The lowest BCUT2D eigenvalue weighted by Gasteiger charge is -2.12. The molecule has 0 radical (unpaired) electrons. The second-order valence-corrected chi connectivity index (χ2v) is 6.44. The summed E-state index contributed by atoms with van der Waals surface area (Å²) >= 11 is 0. The molecule has 1 heterocycles. The van der Waals surface area contributed by atoms with Crippen LogP contribution in [-0.4, -0.2) is 31.6 Å². The molecule has 6 heteroatoms. The largest absolute Gasteiger partial charge is 0.491 e. The number of hydrogen-bond donors (Lipinski definition) is 1. The lowest BCUT2D eigenvalue weighted by atomic mass is 10.0. The van der Waals surface area contributed by atoms with Gasteiger partial charge in [-0.05, 0) is 41.8 Å². The summed E-state index contributed by atoms with van der Waals surface area (Å²) in [6.45, 7) is 0.347. The normalized spacial score (nSPS) is 18.4. The third-order valence-corrected chi connectivity index (χ3v) is 4.58. The first-order valence-electron chi connectivity index (χ1n) is 8.69. The van der Waals surface area contributed by atoms with Gasteiger partial charge in [0.25, 0.3) is 0 Å². The van der Waals surface area contributed by atoms with E-state index in [0.29, 0.717) is 24.3 Å². The van der Waals surface area contributed by atoms with Crippen LogP contribution in [0.1, 0.15) is 18.4 Å². The maximum atomic E-state index is 11.9. The highest BCUT2D eigenvalue weighted by atomic mass is 16.5. The standard InChI is InChI=1S/C21H20N2O4/c1-26-20(24)11-17-10-18(23-21(17)25)13-27-19-8-6-16(7-9-19)15-4-2-14(12-22)3-5-15/h2-9,17-18H,10-11,13H2,1H3,(H,23,25)/t17-,18+/m1/s1. The molecule has 6 nitrogen and oxygen atoms in total. The van der Waals surface area contributed by atoms with Gasteiger partial charge in [-0.3, -0.25) is 9.59 Å². The van der Waals surface area contributed by atoms with Crippen molar-refractivity contribution in [3.63, 3.8) is 0 Å². The van der Waals surface area contributed by atoms with Crippen molar-refractivity contribution in [3.05, 3.63) is 54.1 Å². The lowest BCUT2D eigenvalue weighted by molar-refractivity contribution is -0.143. The average molecular weight is 364 g/mol. The summed E-state index contributed by atoms with van der Waals surface area (Å²) in [5.74, 6) is -0.164. The number of esters is 1. The van der Waals surface area contributed by atoms with E-state index in [-0.39, 0.29) is 30.3 Å². The summed E-state index contributed by atoms with van der Waals surface area (Å²) < 4.78 is 10.4. The summed E-state index contributed by atoms with van der Waals surface area (Å²) in [6, 6.07) is 17.0. The van der Waals surface area contributed by atoms with E-state index < -0.39 is 0 Å². The Hall–Kier alpha value is -3.33. The van der Waals surface area contributed by atoms with Gasteiger partial charge in [0.05, 0.1) is 37.1 Å². The number of nitrogens with one attached hydrogen (secondary N) is 1. The molecule has 0 unspecified atom stereocenters. The molecule has 0 aliphatic carbocycles. The van der Waals surface area contributed by atoms with Crippen LogP contribution in [0.3, 0.4) is 0 Å². The Morgan fingerprint density at radius 3 is 2.37 bits per heavy atom. The van der Waals surface area contributed by atoms with Gasteiger partial charge in [-0.1, -0.05) is 24.3 Å². The van der Waals surface area contributed by atoms with Crippen LogP contribution in [0.4, 0.5) is 0 Å². The van der Waals surface area contributed by atoms with Crippen molar-refractivity contribution in [1.29, 1.82) is 5.26 Å². The number of benzene rings is 2. The van der Waals surface area contributed by atoms with Crippen LogP contribution in [0.25, 0.3) is 11.1 Å². The molecular weight excluding hydrogens is 344 g/mol. The van der Waals surface area contributed by atoms with E-state index in [1.165, 1.54) is 7.11 Å². The Labute approximate surface area is 157 Å². The van der Waals surface area contributed by atoms with Crippen LogP contribution in [0.5, 0.6) is 5.75 Å². The first-order valence-corrected chi connectivity index (χ1v) is 8.69. The van der Waals surface area contributed by atoms with Crippen LogP contribution in [0, 0.1) is 17.2 Å². The minimum Gasteiger partial charge on any atom is -0.491 e. The van der Waals surface area contributed by atoms with Crippen molar-refractivity contribution in [2.24, 2.45) is 5.92 Å². The molecule has 1 aliphatic heterocycles. The predicted molar refractivity (Wildman–Crippen MR) is 98.8 cm³/mol. The highest BCUT2D eigenvalue weighted by Crippen LogP contribution is 2.24. The summed E-state index contributed by atoms with van der Waals surface area (Å²) in [5, 5.41) is 11.7. The molecule has 3 rings (SSSR count). The van der Waals surface area contributed by atoms with Crippen LogP contribution in [-0.2, 0) is 14.3 Å². The van der Waals surface area contributed by atoms with Crippen molar-refractivity contribution in [2.75, 3.05) is 13.7 Å². The van der Waals surface area contributed by atoms with E-state index in [2.05, 4.69) is 16.1 Å². The second-order valence-electron chi connectivity index (χ2n) is 6.44. The molecule has 2 aromatic carbocycles. The smallest absolute Gasteiger partial charge is 0.306 e. The molecule has 1 N–H and O–H groups in total. The van der Waals surface area contributed by atoms with Gasteiger partial charge >= 0.3 is 5.97 Å². The topological polar surface area (TPSA) is 88.4 Å². The first kappa shape index (κ1) is 18.5. The molecule has 1 saturated heterocycles. The molecule has 0 bridgehead atoms. The summed E-state index contributed by atoms with van der Waals surface area (Å²) in [5.41, 5.74) is 2.68. The van der Waals surface area contributed by atoms with Gasteiger partial charge in [0.2, 0.25) is 5.91 Å². The molecule has 27 heavy (non-hydrogen) atoms. The van der Waals surface area contributed by atoms with Gasteiger partial charge in [-0.25, -0.2) is 0 Å². The lowest BCUT2D eigenvalue weighted by Crippen LogP contribution is -2.31. The molecule has 2 atom stereocenters. The van der Waals surface area contributed by atoms with Crippen molar-refractivity contribution < 1.29 is 19.1 Å². The maximum absolute atomic E-state index is 11.9. The molecular formula is C21H20N2O4. The highest BCUT2D eigenvalue weighted by Gasteiger charge is 2.34. The van der Waals surface area contributed by atoms with E-state index in [4.69, 9.17) is 10.00 Å². The molecule has 0 spiro atoms. The van der Waals surface area contributed by atoms with Crippen molar-refractivity contribution in [3.8, 4) is 22.9 Å². The van der Waals surface area contributed by atoms with Gasteiger partial charge in [0.15, 0.2) is 0 Å². The molecule has 138 valence electrons. The summed E-state index contributed by atoms with van der Waals surface area (Å²) in [7, 11) is 1.32. The molecule has 0 saturated carbocycles. The quantitative estimate of drug-likeness (QED) is 0.796. The SMILES string of the molecule is COC(=O)C[C@H]1C[C@@H](COc2ccc(-c3ccc(C#N)cc3)cc2)NC1=O. The number of rotatable bonds is 6. The maximum Gasteiger partial charge on any atom is 0.306 e. The van der Waals surface area contributed by atoms with Crippen LogP contribution in [0.15, 0.2) is 48.5 Å². The summed E-state index contributed by atoms with van der Waals surface area (Å²) in [4.78, 5) is 23.2. The van der Waals surface area contributed by atoms with E-state index in [1.807, 2.05) is 36.4 Å². The van der Waals surface area contributed by atoms with Gasteiger partial charge in [-0.15, -0.1) is 0 Å². The van der Waals surface area contributed by atoms with Gasteiger partial charge in [0.1, 0.15) is 12.4 Å². The molecule has 2 aromatic rings. The van der Waals surface area contributed by atoms with Crippen molar-refractivity contribution in [2.45, 2.75) is 18.9 Å². The Morgan fingerprint density at radius 1 is 1.15 bits per heavy atom. The molecule has 1 amide bonds. The first-order chi connectivity index (χ1) is 13.1. The Kier molecular flexibility index (Phi) is 5.72. The zero-order valence-corrected chi connectivity index (χ0v) is 15.0. The number of nitrogens with zero attached hydrogens (tertiary/aromatic N) is 1.